The summed E-state index contributed by atoms with van der Waals surface area (Å²) in [5.74, 6) is -3.37. The van der Waals surface area contributed by atoms with Crippen molar-refractivity contribution in [3.8, 4) is 0 Å². The van der Waals surface area contributed by atoms with Crippen molar-refractivity contribution in [3.63, 3.8) is 0 Å². The molecular formula is C25H34O8. The predicted octanol–water partition coefficient (Wildman–Crippen LogP) is 1.41. The molecule has 5 rings (SSSR count). The molecule has 0 radical (unpaired) electrons. The van der Waals surface area contributed by atoms with Gasteiger partial charge >= 0.3 is 11.9 Å². The number of ether oxygens (including phenoxy) is 3. The summed E-state index contributed by atoms with van der Waals surface area (Å²) in [6, 6.07) is 0. The van der Waals surface area contributed by atoms with Gasteiger partial charge in [-0.25, -0.2) is 4.79 Å². The van der Waals surface area contributed by atoms with E-state index in [2.05, 4.69) is 0 Å². The number of aliphatic hydroxyl groups excluding tert-OH is 2. The zero-order valence-electron chi connectivity index (χ0n) is 19.8. The maximum absolute atomic E-state index is 13.2. The number of fused-ring (bicyclic) bond motifs is 1. The van der Waals surface area contributed by atoms with Crippen molar-refractivity contribution in [2.24, 2.45) is 40.4 Å². The Hall–Kier alpha value is -1.77. The number of ketones is 1. The Morgan fingerprint density at radius 1 is 1.33 bits per heavy atom. The molecule has 182 valence electrons. The molecule has 0 amide bonds. The SMILES string of the molecule is CCC(C)C(=O)OC1C(=O)OC2CC3C(C)=CC(=O)C(O)C3(C)C3C4OCC23C1C(C)C4O. The van der Waals surface area contributed by atoms with Crippen LogP contribution in [0, 0.1) is 40.4 Å². The first-order chi connectivity index (χ1) is 15.5. The minimum absolute atomic E-state index is 0.203. The lowest BCUT2D eigenvalue weighted by Gasteiger charge is -2.66. The van der Waals surface area contributed by atoms with Crippen molar-refractivity contribution in [1.82, 2.24) is 0 Å². The summed E-state index contributed by atoms with van der Waals surface area (Å²) in [6.45, 7) is 9.47. The third-order valence-electron chi connectivity index (χ3n) is 9.82. The van der Waals surface area contributed by atoms with Crippen LogP contribution in [0.3, 0.4) is 0 Å². The fraction of sp³-hybridized carbons (Fsp3) is 0.800. The Morgan fingerprint density at radius 2 is 2.03 bits per heavy atom. The predicted molar refractivity (Wildman–Crippen MR) is 115 cm³/mol. The first kappa shape index (κ1) is 23.0. The van der Waals surface area contributed by atoms with Crippen LogP contribution in [0.25, 0.3) is 0 Å². The van der Waals surface area contributed by atoms with E-state index in [9.17, 15) is 24.6 Å². The quantitative estimate of drug-likeness (QED) is 0.605. The second-order valence-corrected chi connectivity index (χ2v) is 11.2. The number of allylic oxidation sites excluding steroid dienone is 1. The Bertz CT molecular complexity index is 927. The molecule has 2 bridgehead atoms. The van der Waals surface area contributed by atoms with E-state index in [-0.39, 0.29) is 24.2 Å². The van der Waals surface area contributed by atoms with Gasteiger partial charge in [0.2, 0.25) is 6.10 Å². The van der Waals surface area contributed by atoms with E-state index < -0.39 is 71.0 Å². The van der Waals surface area contributed by atoms with Gasteiger partial charge in [-0.2, -0.15) is 0 Å². The normalized spacial score (nSPS) is 51.1. The number of esters is 2. The van der Waals surface area contributed by atoms with E-state index in [1.807, 2.05) is 27.7 Å². The highest BCUT2D eigenvalue weighted by Gasteiger charge is 2.79. The minimum Gasteiger partial charge on any atom is -0.459 e. The molecule has 0 aromatic rings. The molecule has 12 atom stereocenters. The monoisotopic (exact) mass is 462 g/mol. The number of carbonyl (C=O) groups excluding carboxylic acids is 3. The highest BCUT2D eigenvalue weighted by atomic mass is 16.6. The van der Waals surface area contributed by atoms with Gasteiger partial charge in [0.1, 0.15) is 12.2 Å². The first-order valence-electron chi connectivity index (χ1n) is 12.1. The molecule has 12 unspecified atom stereocenters. The molecule has 4 fully saturated rings. The summed E-state index contributed by atoms with van der Waals surface area (Å²) in [5, 5.41) is 22.5. The fourth-order valence-electron chi connectivity index (χ4n) is 8.02. The summed E-state index contributed by atoms with van der Waals surface area (Å²) in [6.07, 6.45) is -1.96. The van der Waals surface area contributed by atoms with Crippen LogP contribution in [-0.2, 0) is 28.6 Å². The fourth-order valence-corrected chi connectivity index (χ4v) is 8.02. The van der Waals surface area contributed by atoms with Gasteiger partial charge in [0.15, 0.2) is 5.78 Å². The Labute approximate surface area is 193 Å². The molecule has 2 aliphatic heterocycles. The van der Waals surface area contributed by atoms with Gasteiger partial charge in [-0.15, -0.1) is 0 Å². The molecule has 0 aromatic heterocycles. The molecule has 8 nitrogen and oxygen atoms in total. The van der Waals surface area contributed by atoms with Crippen molar-refractivity contribution < 1.29 is 38.8 Å². The van der Waals surface area contributed by atoms with Gasteiger partial charge in [-0.1, -0.05) is 33.3 Å². The van der Waals surface area contributed by atoms with Crippen LogP contribution in [-0.4, -0.2) is 65.1 Å². The van der Waals surface area contributed by atoms with Crippen molar-refractivity contribution in [2.45, 2.75) is 78.0 Å². The van der Waals surface area contributed by atoms with Gasteiger partial charge in [-0.05, 0) is 37.7 Å². The average Bonchev–Trinajstić information content (AvgIpc) is 3.13. The van der Waals surface area contributed by atoms with Crippen LogP contribution < -0.4 is 0 Å². The summed E-state index contributed by atoms with van der Waals surface area (Å²) in [7, 11) is 0. The third-order valence-corrected chi connectivity index (χ3v) is 9.82. The van der Waals surface area contributed by atoms with Gasteiger partial charge in [-0.3, -0.25) is 9.59 Å². The van der Waals surface area contributed by atoms with Crippen molar-refractivity contribution in [3.05, 3.63) is 11.6 Å². The van der Waals surface area contributed by atoms with Crippen LogP contribution in [0.5, 0.6) is 0 Å². The summed E-state index contributed by atoms with van der Waals surface area (Å²) in [5.41, 5.74) is -0.822. The zero-order valence-corrected chi connectivity index (χ0v) is 19.8. The third kappa shape index (κ3) is 2.71. The van der Waals surface area contributed by atoms with Gasteiger partial charge in [0.25, 0.3) is 0 Å². The smallest absolute Gasteiger partial charge is 0.348 e. The molecule has 2 saturated heterocycles. The van der Waals surface area contributed by atoms with Crippen LogP contribution >= 0.6 is 0 Å². The van der Waals surface area contributed by atoms with Gasteiger partial charge < -0.3 is 24.4 Å². The Balaban J connectivity index is 1.65. The first-order valence-corrected chi connectivity index (χ1v) is 12.1. The molecule has 2 N–H and O–H groups in total. The molecule has 1 spiro atoms. The standard InChI is InChI=1S/C25H34O8/c1-6-10(2)22(29)33-18-16-12(4)17(27)19-20-24(5)13(11(3)7-14(26)21(24)28)8-15(32-23(18)30)25(16,20)9-31-19/h7,10,12-13,15-21,27-28H,6,8-9H2,1-5H3. The van der Waals surface area contributed by atoms with E-state index in [0.717, 1.165) is 5.57 Å². The second kappa shape index (κ2) is 7.36. The van der Waals surface area contributed by atoms with Crippen LogP contribution in [0.4, 0.5) is 0 Å². The number of aliphatic hydroxyl groups is 2. The lowest BCUT2D eigenvalue weighted by atomic mass is 9.38. The number of hydrogen-bond donors (Lipinski definition) is 2. The summed E-state index contributed by atoms with van der Waals surface area (Å²) in [4.78, 5) is 38.7. The minimum atomic E-state index is -1.25. The van der Waals surface area contributed by atoms with Crippen LogP contribution in [0.1, 0.15) is 47.5 Å². The highest BCUT2D eigenvalue weighted by molar-refractivity contribution is 5.96. The van der Waals surface area contributed by atoms with Crippen LogP contribution in [0.2, 0.25) is 0 Å². The Morgan fingerprint density at radius 3 is 2.70 bits per heavy atom. The zero-order chi connectivity index (χ0) is 24.0. The maximum atomic E-state index is 13.2. The van der Waals surface area contributed by atoms with Crippen LogP contribution in [0.15, 0.2) is 11.6 Å². The van der Waals surface area contributed by atoms with Crippen molar-refractivity contribution in [1.29, 1.82) is 0 Å². The molecule has 2 saturated carbocycles. The molecule has 5 aliphatic rings. The molecule has 2 heterocycles. The van der Waals surface area contributed by atoms with Gasteiger partial charge in [0, 0.05) is 22.7 Å². The van der Waals surface area contributed by atoms with Crippen molar-refractivity contribution in [2.75, 3.05) is 6.61 Å². The molecule has 0 aromatic carbocycles. The van der Waals surface area contributed by atoms with Crippen molar-refractivity contribution >= 4 is 17.7 Å². The van der Waals surface area contributed by atoms with E-state index in [4.69, 9.17) is 14.2 Å². The van der Waals surface area contributed by atoms with Gasteiger partial charge in [0.05, 0.1) is 24.7 Å². The van der Waals surface area contributed by atoms with E-state index in [1.165, 1.54) is 6.08 Å². The highest BCUT2D eigenvalue weighted by Crippen LogP contribution is 2.71. The Kier molecular flexibility index (Phi) is 5.13. The van der Waals surface area contributed by atoms with E-state index in [1.54, 1.807) is 6.92 Å². The summed E-state index contributed by atoms with van der Waals surface area (Å²) >= 11 is 0. The largest absolute Gasteiger partial charge is 0.459 e. The number of rotatable bonds is 3. The average molecular weight is 463 g/mol. The number of carbonyl (C=O) groups is 3. The lowest BCUT2D eigenvalue weighted by molar-refractivity contribution is -0.272. The maximum Gasteiger partial charge on any atom is 0.348 e. The summed E-state index contributed by atoms with van der Waals surface area (Å²) < 4.78 is 18.0. The molecule has 3 aliphatic carbocycles. The van der Waals surface area contributed by atoms with E-state index >= 15 is 0 Å². The number of hydrogen-bond acceptors (Lipinski definition) is 8. The second-order valence-electron chi connectivity index (χ2n) is 11.2. The molecule has 33 heavy (non-hydrogen) atoms. The molecule has 8 heteroatoms. The topological polar surface area (TPSA) is 119 Å². The molecular weight excluding hydrogens is 428 g/mol. The lowest BCUT2D eigenvalue weighted by Crippen LogP contribution is -2.75. The van der Waals surface area contributed by atoms with E-state index in [0.29, 0.717) is 12.8 Å².